The second-order valence-corrected chi connectivity index (χ2v) is 3.89. The quantitative estimate of drug-likeness (QED) is 0.551. The Morgan fingerprint density at radius 1 is 1.31 bits per heavy atom. The van der Waals surface area contributed by atoms with E-state index in [9.17, 15) is 0 Å². The van der Waals surface area contributed by atoms with Gasteiger partial charge in [-0.1, -0.05) is 6.92 Å². The first-order valence-corrected chi connectivity index (χ1v) is 5.20. The molecule has 13 heavy (non-hydrogen) atoms. The number of nitrogens with zero attached hydrogens (tertiary/aromatic N) is 1. The monoisotopic (exact) mass is 188 g/mol. The molecular weight excluding hydrogens is 164 g/mol. The predicted octanol–water partition coefficient (Wildman–Crippen LogP) is 0.676. The first-order valence-electron chi connectivity index (χ1n) is 5.20. The number of unbranched alkanes of at least 4 members (excludes halogenated alkanes) is 2. The Balaban J connectivity index is 3.24. The van der Waals surface area contributed by atoms with Crippen molar-refractivity contribution < 1.29 is 5.11 Å². The zero-order chi connectivity index (χ0) is 10.1. The van der Waals surface area contributed by atoms with Crippen LogP contribution in [0, 0.1) is 5.92 Å². The molecule has 0 aliphatic heterocycles. The first-order chi connectivity index (χ1) is 6.20. The van der Waals surface area contributed by atoms with Crippen LogP contribution in [-0.4, -0.2) is 43.3 Å². The lowest BCUT2D eigenvalue weighted by molar-refractivity contribution is 0.261. The molecule has 3 N–H and O–H groups in total. The number of aliphatic hydroxyl groups excluding tert-OH is 1. The third-order valence-electron chi connectivity index (χ3n) is 2.22. The van der Waals surface area contributed by atoms with Gasteiger partial charge in [0.25, 0.3) is 0 Å². The Morgan fingerprint density at radius 2 is 2.00 bits per heavy atom. The number of hydrogen-bond acceptors (Lipinski definition) is 3. The van der Waals surface area contributed by atoms with Crippen LogP contribution in [0.25, 0.3) is 0 Å². The van der Waals surface area contributed by atoms with Crippen molar-refractivity contribution in [2.45, 2.75) is 26.2 Å². The maximum absolute atomic E-state index is 8.58. The zero-order valence-electron chi connectivity index (χ0n) is 9.00. The van der Waals surface area contributed by atoms with Gasteiger partial charge in [0.05, 0.1) is 0 Å². The van der Waals surface area contributed by atoms with Crippen molar-refractivity contribution in [2.75, 3.05) is 33.3 Å². The van der Waals surface area contributed by atoms with Crippen LogP contribution in [0.2, 0.25) is 0 Å². The highest BCUT2D eigenvalue weighted by Gasteiger charge is 2.03. The number of aliphatic hydroxyl groups is 1. The number of rotatable bonds is 8. The minimum atomic E-state index is 0.322. The van der Waals surface area contributed by atoms with E-state index in [4.69, 9.17) is 10.8 Å². The third-order valence-corrected chi connectivity index (χ3v) is 2.22. The molecule has 80 valence electrons. The smallest absolute Gasteiger partial charge is 0.0431 e. The van der Waals surface area contributed by atoms with Gasteiger partial charge in [-0.2, -0.15) is 0 Å². The minimum Gasteiger partial charge on any atom is -0.396 e. The Bertz CT molecular complexity index is 109. The number of hydrogen-bond donors (Lipinski definition) is 2. The van der Waals surface area contributed by atoms with E-state index in [1.54, 1.807) is 0 Å². The molecule has 0 aliphatic carbocycles. The summed E-state index contributed by atoms with van der Waals surface area (Å²) in [6.45, 7) is 5.45. The maximum Gasteiger partial charge on any atom is 0.0431 e. The van der Waals surface area contributed by atoms with Gasteiger partial charge in [-0.05, 0) is 45.3 Å². The van der Waals surface area contributed by atoms with Crippen LogP contribution in [0.1, 0.15) is 26.2 Å². The molecule has 1 atom stereocenters. The summed E-state index contributed by atoms with van der Waals surface area (Å²) >= 11 is 0. The van der Waals surface area contributed by atoms with Crippen LogP contribution in [0.15, 0.2) is 0 Å². The Morgan fingerprint density at radius 3 is 2.54 bits per heavy atom. The van der Waals surface area contributed by atoms with E-state index >= 15 is 0 Å². The van der Waals surface area contributed by atoms with Crippen molar-refractivity contribution in [3.05, 3.63) is 0 Å². The largest absolute Gasteiger partial charge is 0.396 e. The molecule has 0 saturated carbocycles. The molecule has 3 heteroatoms. The van der Waals surface area contributed by atoms with Gasteiger partial charge in [0, 0.05) is 13.2 Å². The van der Waals surface area contributed by atoms with E-state index in [1.165, 1.54) is 6.42 Å². The average molecular weight is 188 g/mol. The molecule has 0 saturated heterocycles. The van der Waals surface area contributed by atoms with Gasteiger partial charge < -0.3 is 15.7 Å². The maximum atomic E-state index is 8.58. The van der Waals surface area contributed by atoms with Crippen LogP contribution < -0.4 is 5.73 Å². The first kappa shape index (κ1) is 12.9. The molecule has 0 heterocycles. The Hall–Kier alpha value is -0.120. The van der Waals surface area contributed by atoms with Crippen molar-refractivity contribution in [2.24, 2.45) is 11.7 Å². The normalized spacial score (nSPS) is 13.6. The fraction of sp³-hybridized carbons (Fsp3) is 1.00. The average Bonchev–Trinajstić information content (AvgIpc) is 2.12. The van der Waals surface area contributed by atoms with Gasteiger partial charge in [0.1, 0.15) is 0 Å². The summed E-state index contributed by atoms with van der Waals surface area (Å²) in [6, 6.07) is 0. The molecule has 0 rings (SSSR count). The molecule has 3 nitrogen and oxygen atoms in total. The number of nitrogens with two attached hydrogens (primary N) is 1. The molecule has 0 aliphatic rings. The summed E-state index contributed by atoms with van der Waals surface area (Å²) in [5, 5.41) is 8.58. The van der Waals surface area contributed by atoms with E-state index in [2.05, 4.69) is 18.9 Å². The Kier molecular flexibility index (Phi) is 8.40. The predicted molar refractivity (Wildman–Crippen MR) is 56.7 cm³/mol. The molecular formula is C10H24N2O. The molecule has 0 spiro atoms. The summed E-state index contributed by atoms with van der Waals surface area (Å²) < 4.78 is 0. The molecule has 0 aromatic carbocycles. The summed E-state index contributed by atoms with van der Waals surface area (Å²) in [5.74, 6) is 0.586. The Labute approximate surface area is 81.9 Å². The highest BCUT2D eigenvalue weighted by Crippen LogP contribution is 2.00. The van der Waals surface area contributed by atoms with E-state index in [1.807, 2.05) is 0 Å². The molecule has 1 unspecified atom stereocenters. The van der Waals surface area contributed by atoms with Gasteiger partial charge in [0.2, 0.25) is 0 Å². The highest BCUT2D eigenvalue weighted by molar-refractivity contribution is 4.59. The summed E-state index contributed by atoms with van der Waals surface area (Å²) in [5.41, 5.74) is 5.54. The van der Waals surface area contributed by atoms with E-state index in [0.717, 1.165) is 32.5 Å². The molecule has 0 amide bonds. The lowest BCUT2D eigenvalue weighted by Gasteiger charge is -2.19. The van der Waals surface area contributed by atoms with Gasteiger partial charge in [-0.15, -0.1) is 0 Å². The molecule has 0 bridgehead atoms. The molecule has 0 aromatic rings. The second kappa shape index (κ2) is 8.48. The van der Waals surface area contributed by atoms with Crippen molar-refractivity contribution in [1.82, 2.24) is 4.90 Å². The van der Waals surface area contributed by atoms with E-state index < -0.39 is 0 Å². The van der Waals surface area contributed by atoms with Gasteiger partial charge in [-0.3, -0.25) is 0 Å². The highest BCUT2D eigenvalue weighted by atomic mass is 16.2. The SMILES string of the molecule is CC(CN)CN(C)CCCCCO. The van der Waals surface area contributed by atoms with Crippen LogP contribution >= 0.6 is 0 Å². The van der Waals surface area contributed by atoms with Crippen molar-refractivity contribution in [3.63, 3.8) is 0 Å². The lowest BCUT2D eigenvalue weighted by Crippen LogP contribution is -2.29. The van der Waals surface area contributed by atoms with Crippen molar-refractivity contribution in [3.8, 4) is 0 Å². The second-order valence-electron chi connectivity index (χ2n) is 3.89. The minimum absolute atomic E-state index is 0.322. The third kappa shape index (κ3) is 8.22. The van der Waals surface area contributed by atoms with Crippen LogP contribution in [-0.2, 0) is 0 Å². The molecule has 0 fully saturated rings. The standard InChI is InChI=1S/C10H24N2O/c1-10(8-11)9-12(2)6-4-3-5-7-13/h10,13H,3-9,11H2,1-2H3. The summed E-state index contributed by atoms with van der Waals surface area (Å²) in [7, 11) is 2.13. The zero-order valence-corrected chi connectivity index (χ0v) is 9.00. The molecule has 0 aromatic heterocycles. The van der Waals surface area contributed by atoms with Gasteiger partial charge >= 0.3 is 0 Å². The topological polar surface area (TPSA) is 49.5 Å². The fourth-order valence-electron chi connectivity index (χ4n) is 1.37. The van der Waals surface area contributed by atoms with Gasteiger partial charge in [-0.25, -0.2) is 0 Å². The van der Waals surface area contributed by atoms with Crippen LogP contribution in [0.4, 0.5) is 0 Å². The van der Waals surface area contributed by atoms with Crippen molar-refractivity contribution >= 4 is 0 Å². The van der Waals surface area contributed by atoms with Gasteiger partial charge in [0.15, 0.2) is 0 Å². The molecule has 0 radical (unpaired) electrons. The lowest BCUT2D eigenvalue weighted by atomic mass is 10.1. The summed E-state index contributed by atoms with van der Waals surface area (Å²) in [4.78, 5) is 2.31. The van der Waals surface area contributed by atoms with Crippen LogP contribution in [0.5, 0.6) is 0 Å². The van der Waals surface area contributed by atoms with Crippen LogP contribution in [0.3, 0.4) is 0 Å². The van der Waals surface area contributed by atoms with E-state index in [0.29, 0.717) is 12.5 Å². The summed E-state index contributed by atoms with van der Waals surface area (Å²) in [6.07, 6.45) is 3.23. The fourth-order valence-corrected chi connectivity index (χ4v) is 1.37. The van der Waals surface area contributed by atoms with Crippen molar-refractivity contribution in [1.29, 1.82) is 0 Å². The van der Waals surface area contributed by atoms with E-state index in [-0.39, 0.29) is 0 Å².